The number of hydrogen-bond donors (Lipinski definition) is 3. The number of oxazole rings is 1. The molecule has 4 N–H and O–H groups in total. The number of thiazole rings is 1. The van der Waals surface area contributed by atoms with Crippen LogP contribution in [-0.4, -0.2) is 32.0 Å². The van der Waals surface area contributed by atoms with E-state index in [1.807, 2.05) is 23.6 Å². The first-order valence-corrected chi connectivity index (χ1v) is 15.1. The normalized spacial score (nSPS) is 12.5. The van der Waals surface area contributed by atoms with E-state index >= 15 is 0 Å². The lowest BCUT2D eigenvalue weighted by Gasteiger charge is -2.12. The standard InChI is InChI=1S/C26H32N6O3S3/c1-26(2,3)19-13-28-22(35-19)15-37-23-14-29-25(38-23)16(24(27)34)8-5-4-6-10-21(33)30-20-12-17(31-32-20)18-9-7-11-36-18/h7,9,11-14,16H,4-6,8,10,15H2,1-3H3,(H2,27,34)(H2,30,31,32,33). The molecule has 202 valence electrons. The molecule has 1 atom stereocenters. The molecule has 0 aliphatic rings. The minimum atomic E-state index is -0.433. The van der Waals surface area contributed by atoms with Crippen molar-refractivity contribution in [1.29, 1.82) is 0 Å². The number of amides is 2. The van der Waals surface area contributed by atoms with Crippen LogP contribution >= 0.6 is 34.4 Å². The van der Waals surface area contributed by atoms with Gasteiger partial charge in [0.15, 0.2) is 5.82 Å². The second-order valence-corrected chi connectivity index (χ2v) is 13.2. The summed E-state index contributed by atoms with van der Waals surface area (Å²) >= 11 is 4.67. The highest BCUT2D eigenvalue weighted by Crippen LogP contribution is 2.34. The van der Waals surface area contributed by atoms with Gasteiger partial charge in [-0.1, -0.05) is 39.7 Å². The first kappa shape index (κ1) is 28.1. The molecule has 12 heteroatoms. The fourth-order valence-corrected chi connectivity index (χ4v) is 6.38. The quantitative estimate of drug-likeness (QED) is 0.126. The van der Waals surface area contributed by atoms with Gasteiger partial charge < -0.3 is 15.5 Å². The number of primary amides is 1. The van der Waals surface area contributed by atoms with Gasteiger partial charge >= 0.3 is 0 Å². The first-order chi connectivity index (χ1) is 18.2. The van der Waals surface area contributed by atoms with Crippen molar-refractivity contribution in [2.75, 3.05) is 5.32 Å². The molecule has 0 aromatic carbocycles. The molecule has 1 unspecified atom stereocenters. The number of rotatable bonds is 13. The fourth-order valence-electron chi connectivity index (χ4n) is 3.70. The van der Waals surface area contributed by atoms with Crippen molar-refractivity contribution in [2.45, 2.75) is 74.2 Å². The molecule has 4 aromatic rings. The van der Waals surface area contributed by atoms with E-state index in [1.54, 1.807) is 35.5 Å². The van der Waals surface area contributed by atoms with Crippen LogP contribution in [0, 0.1) is 0 Å². The van der Waals surface area contributed by atoms with Crippen molar-refractivity contribution in [2.24, 2.45) is 5.73 Å². The first-order valence-electron chi connectivity index (χ1n) is 12.4. The number of carbonyl (C=O) groups is 2. The summed E-state index contributed by atoms with van der Waals surface area (Å²) in [7, 11) is 0. The van der Waals surface area contributed by atoms with E-state index in [2.05, 4.69) is 46.3 Å². The van der Waals surface area contributed by atoms with Gasteiger partial charge in [-0.15, -0.1) is 34.4 Å². The van der Waals surface area contributed by atoms with Crippen molar-refractivity contribution in [3.8, 4) is 10.6 Å². The van der Waals surface area contributed by atoms with Crippen LogP contribution in [0.2, 0.25) is 0 Å². The van der Waals surface area contributed by atoms with Crippen molar-refractivity contribution in [3.63, 3.8) is 0 Å². The third-order valence-electron chi connectivity index (χ3n) is 5.80. The number of thioether (sulfide) groups is 1. The van der Waals surface area contributed by atoms with Gasteiger partial charge in [0, 0.05) is 17.9 Å². The van der Waals surface area contributed by atoms with E-state index in [9.17, 15) is 9.59 Å². The maximum atomic E-state index is 12.3. The Morgan fingerprint density at radius 2 is 2.05 bits per heavy atom. The molecule has 0 bridgehead atoms. The molecule has 0 radical (unpaired) electrons. The highest BCUT2D eigenvalue weighted by Gasteiger charge is 2.22. The van der Waals surface area contributed by atoms with Gasteiger partial charge in [0.05, 0.1) is 38.8 Å². The van der Waals surface area contributed by atoms with Gasteiger partial charge in [0.2, 0.25) is 17.7 Å². The van der Waals surface area contributed by atoms with E-state index < -0.39 is 5.92 Å². The molecular weight excluding hydrogens is 541 g/mol. The zero-order chi connectivity index (χ0) is 27.1. The minimum absolute atomic E-state index is 0.0806. The minimum Gasteiger partial charge on any atom is -0.444 e. The number of unbranched alkanes of at least 4 members (excludes halogenated alkanes) is 2. The summed E-state index contributed by atoms with van der Waals surface area (Å²) in [4.78, 5) is 34.3. The lowest BCUT2D eigenvalue weighted by atomic mass is 9.94. The summed E-state index contributed by atoms with van der Waals surface area (Å²) < 4.78 is 6.83. The van der Waals surface area contributed by atoms with Gasteiger partial charge in [-0.2, -0.15) is 5.10 Å². The third kappa shape index (κ3) is 7.78. The SMILES string of the molecule is CC(C)(C)c1cnc(CSc2cnc(C(CCCCCC(=O)Nc3cc(-c4cccs4)[nH]n3)C(N)=O)s2)o1. The average molecular weight is 573 g/mol. The van der Waals surface area contributed by atoms with Crippen molar-refractivity contribution in [1.82, 2.24) is 20.2 Å². The Bertz CT molecular complexity index is 1340. The zero-order valence-corrected chi connectivity index (χ0v) is 24.1. The topological polar surface area (TPSA) is 140 Å². The largest absolute Gasteiger partial charge is 0.444 e. The summed E-state index contributed by atoms with van der Waals surface area (Å²) in [6.07, 6.45) is 6.85. The number of nitrogens with two attached hydrogens (primary N) is 1. The van der Waals surface area contributed by atoms with Gasteiger partial charge in [0.1, 0.15) is 10.8 Å². The predicted molar refractivity (Wildman–Crippen MR) is 152 cm³/mol. The lowest BCUT2D eigenvalue weighted by Crippen LogP contribution is -2.21. The average Bonchev–Trinajstić information content (AvgIpc) is 3.66. The maximum Gasteiger partial charge on any atom is 0.227 e. The molecule has 0 spiro atoms. The number of aromatic nitrogens is 4. The highest BCUT2D eigenvalue weighted by atomic mass is 32.2. The van der Waals surface area contributed by atoms with Crippen LogP contribution in [0.1, 0.15) is 75.5 Å². The van der Waals surface area contributed by atoms with Crippen LogP contribution < -0.4 is 11.1 Å². The number of anilines is 1. The second-order valence-electron chi connectivity index (χ2n) is 9.92. The number of carbonyl (C=O) groups excluding carboxylic acids is 2. The molecule has 0 aliphatic heterocycles. The fraction of sp³-hybridized carbons (Fsp3) is 0.423. The number of H-pyrrole nitrogens is 1. The summed E-state index contributed by atoms with van der Waals surface area (Å²) in [5.41, 5.74) is 6.49. The lowest BCUT2D eigenvalue weighted by molar-refractivity contribution is -0.119. The summed E-state index contributed by atoms with van der Waals surface area (Å²) in [5, 5.41) is 12.6. The van der Waals surface area contributed by atoms with Gasteiger partial charge in [-0.05, 0) is 24.3 Å². The monoisotopic (exact) mass is 572 g/mol. The number of nitrogens with one attached hydrogen (secondary N) is 2. The number of nitrogens with zero attached hydrogens (tertiary/aromatic N) is 3. The van der Waals surface area contributed by atoms with E-state index in [4.69, 9.17) is 10.2 Å². The predicted octanol–water partition coefficient (Wildman–Crippen LogP) is 6.33. The van der Waals surface area contributed by atoms with E-state index in [1.165, 1.54) is 11.3 Å². The van der Waals surface area contributed by atoms with Crippen molar-refractivity contribution in [3.05, 3.63) is 52.6 Å². The molecule has 0 aliphatic carbocycles. The second kappa shape index (κ2) is 12.7. The molecule has 2 amide bonds. The Balaban J connectivity index is 1.18. The Kier molecular flexibility index (Phi) is 9.40. The maximum absolute atomic E-state index is 12.3. The van der Waals surface area contributed by atoms with Gasteiger partial charge in [-0.3, -0.25) is 14.7 Å². The summed E-state index contributed by atoms with van der Waals surface area (Å²) in [5.74, 6) is 1.74. The Morgan fingerprint density at radius 3 is 2.76 bits per heavy atom. The summed E-state index contributed by atoms with van der Waals surface area (Å²) in [6, 6.07) is 5.79. The Morgan fingerprint density at radius 1 is 1.21 bits per heavy atom. The van der Waals surface area contributed by atoms with Crippen LogP contribution in [0.4, 0.5) is 5.82 Å². The molecule has 0 saturated carbocycles. The molecular formula is C26H32N6O3S3. The van der Waals surface area contributed by atoms with Crippen LogP contribution in [0.5, 0.6) is 0 Å². The van der Waals surface area contributed by atoms with Crippen LogP contribution in [0.25, 0.3) is 10.6 Å². The molecule has 0 saturated heterocycles. The highest BCUT2D eigenvalue weighted by molar-refractivity contribution is 8.00. The smallest absolute Gasteiger partial charge is 0.227 e. The van der Waals surface area contributed by atoms with Crippen molar-refractivity contribution < 1.29 is 14.0 Å². The third-order valence-corrected chi connectivity index (χ3v) is 9.00. The van der Waals surface area contributed by atoms with E-state index in [0.717, 1.165) is 38.4 Å². The molecule has 38 heavy (non-hydrogen) atoms. The molecule has 9 nitrogen and oxygen atoms in total. The van der Waals surface area contributed by atoms with Crippen LogP contribution in [0.3, 0.4) is 0 Å². The number of hydrogen-bond acceptors (Lipinski definition) is 9. The Hall–Kier alpha value is -2.96. The molecule has 4 aromatic heterocycles. The van der Waals surface area contributed by atoms with E-state index in [-0.39, 0.29) is 17.2 Å². The van der Waals surface area contributed by atoms with E-state index in [0.29, 0.717) is 36.7 Å². The summed E-state index contributed by atoms with van der Waals surface area (Å²) in [6.45, 7) is 6.25. The zero-order valence-electron chi connectivity index (χ0n) is 21.7. The van der Waals surface area contributed by atoms with Crippen molar-refractivity contribution >= 4 is 52.1 Å². The van der Waals surface area contributed by atoms with Crippen LogP contribution in [-0.2, 0) is 20.8 Å². The number of aromatic amines is 1. The molecule has 4 rings (SSSR count). The van der Waals surface area contributed by atoms with Crippen LogP contribution in [0.15, 0.2) is 44.6 Å². The Labute approximate surface area is 234 Å². The number of thiophene rings is 1. The molecule has 4 heterocycles. The molecule has 0 fully saturated rings. The van der Waals surface area contributed by atoms with Gasteiger partial charge in [0.25, 0.3) is 0 Å². The van der Waals surface area contributed by atoms with Gasteiger partial charge in [-0.25, -0.2) is 9.97 Å².